The Bertz CT molecular complexity index is 1050. The average Bonchev–Trinajstić information content (AvgIpc) is 2.98. The Labute approximate surface area is 196 Å². The maximum atomic E-state index is 12.7. The van der Waals surface area contributed by atoms with E-state index in [2.05, 4.69) is 22.1 Å². The highest BCUT2D eigenvalue weighted by Crippen LogP contribution is 2.20. The van der Waals surface area contributed by atoms with Crippen LogP contribution in [0, 0.1) is 25.2 Å². The van der Waals surface area contributed by atoms with E-state index in [1.165, 1.54) is 12.8 Å². The van der Waals surface area contributed by atoms with Crippen molar-refractivity contribution in [3.8, 4) is 6.07 Å². The number of aromatic nitrogens is 1. The van der Waals surface area contributed by atoms with Gasteiger partial charge in [-0.05, 0) is 75.1 Å². The molecule has 3 rings (SSSR count). The lowest BCUT2D eigenvalue weighted by Gasteiger charge is -2.20. The van der Waals surface area contributed by atoms with Gasteiger partial charge < -0.3 is 20.1 Å². The monoisotopic (exact) mass is 447 g/mol. The molecule has 1 aliphatic rings. The van der Waals surface area contributed by atoms with Gasteiger partial charge in [-0.3, -0.25) is 4.79 Å². The first-order valence-electron chi connectivity index (χ1n) is 11.7. The fourth-order valence-electron chi connectivity index (χ4n) is 4.16. The molecule has 174 valence electrons. The second kappa shape index (κ2) is 11.4. The van der Waals surface area contributed by atoms with Crippen LogP contribution < -0.4 is 10.6 Å². The molecule has 0 saturated carbocycles. The first-order valence-corrected chi connectivity index (χ1v) is 11.7. The molecule has 0 radical (unpaired) electrons. The maximum Gasteiger partial charge on any atom is 0.321 e. The van der Waals surface area contributed by atoms with E-state index in [-0.39, 0.29) is 11.6 Å². The highest BCUT2D eigenvalue weighted by Gasteiger charge is 2.16. The zero-order chi connectivity index (χ0) is 23.8. The van der Waals surface area contributed by atoms with Crippen molar-refractivity contribution in [1.82, 2.24) is 9.47 Å². The molecule has 3 amide bonds. The van der Waals surface area contributed by atoms with E-state index in [0.29, 0.717) is 11.4 Å². The number of nitriles is 1. The van der Waals surface area contributed by atoms with Crippen LogP contribution in [0.5, 0.6) is 0 Å². The number of benzene rings is 1. The number of carbonyl (C=O) groups excluding carboxylic acids is 2. The fourth-order valence-corrected chi connectivity index (χ4v) is 4.16. The molecule has 0 atom stereocenters. The van der Waals surface area contributed by atoms with Gasteiger partial charge in [0.05, 0.1) is 0 Å². The van der Waals surface area contributed by atoms with Crippen molar-refractivity contribution in [2.24, 2.45) is 0 Å². The van der Waals surface area contributed by atoms with Gasteiger partial charge in [-0.25, -0.2) is 4.79 Å². The molecule has 7 nitrogen and oxygen atoms in total. The normalized spacial score (nSPS) is 14.4. The molecule has 1 aromatic carbocycles. The standard InChI is InChI=1S/C26H33N5O2/c1-4-13-31-19(2)16-21(20(31)3)17-22(18-27)25(32)28-23-9-11-24(12-10-23)29-26(33)30-14-7-5-6-8-15-30/h9-12,16-17H,4-8,13-15H2,1-3H3,(H,28,32)(H,29,33)/b22-17-. The van der Waals surface area contributed by atoms with Crippen molar-refractivity contribution in [3.63, 3.8) is 0 Å². The van der Waals surface area contributed by atoms with Crippen LogP contribution in [0.15, 0.2) is 35.9 Å². The summed E-state index contributed by atoms with van der Waals surface area (Å²) in [5.74, 6) is -0.459. The molecule has 0 spiro atoms. The molecule has 0 unspecified atom stereocenters. The van der Waals surface area contributed by atoms with Gasteiger partial charge in [0.15, 0.2) is 0 Å². The number of carbonyl (C=O) groups is 2. The molecule has 7 heteroatoms. The smallest absolute Gasteiger partial charge is 0.321 e. The third-order valence-corrected chi connectivity index (χ3v) is 6.01. The van der Waals surface area contributed by atoms with Crippen LogP contribution in [-0.2, 0) is 11.3 Å². The highest BCUT2D eigenvalue weighted by molar-refractivity contribution is 6.09. The summed E-state index contributed by atoms with van der Waals surface area (Å²) >= 11 is 0. The summed E-state index contributed by atoms with van der Waals surface area (Å²) in [6, 6.07) is 10.9. The van der Waals surface area contributed by atoms with E-state index < -0.39 is 5.91 Å². The lowest BCUT2D eigenvalue weighted by Crippen LogP contribution is -2.35. The molecule has 1 aliphatic heterocycles. The minimum atomic E-state index is -0.459. The molecule has 0 bridgehead atoms. The molecule has 1 saturated heterocycles. The van der Waals surface area contributed by atoms with Gasteiger partial charge in [0.25, 0.3) is 5.91 Å². The molecule has 2 N–H and O–H groups in total. The van der Waals surface area contributed by atoms with Crippen LogP contribution in [0.2, 0.25) is 0 Å². The van der Waals surface area contributed by atoms with E-state index in [1.54, 1.807) is 30.3 Å². The molecular weight excluding hydrogens is 414 g/mol. The SMILES string of the molecule is CCCn1c(C)cc(/C=C(/C#N)C(=O)Nc2ccc(NC(=O)N3CCCCCC3)cc2)c1C. The maximum absolute atomic E-state index is 12.7. The lowest BCUT2D eigenvalue weighted by atomic mass is 10.1. The van der Waals surface area contributed by atoms with E-state index in [9.17, 15) is 14.9 Å². The van der Waals surface area contributed by atoms with Gasteiger partial charge in [-0.15, -0.1) is 0 Å². The largest absolute Gasteiger partial charge is 0.349 e. The average molecular weight is 448 g/mol. The third kappa shape index (κ3) is 6.26. The van der Waals surface area contributed by atoms with E-state index in [1.807, 2.05) is 30.9 Å². The Balaban J connectivity index is 1.64. The van der Waals surface area contributed by atoms with Gasteiger partial charge in [0, 0.05) is 42.4 Å². The van der Waals surface area contributed by atoms with Crippen LogP contribution in [0.25, 0.3) is 6.08 Å². The van der Waals surface area contributed by atoms with Crippen molar-refractivity contribution in [2.45, 2.75) is 59.4 Å². The van der Waals surface area contributed by atoms with Gasteiger partial charge >= 0.3 is 6.03 Å². The van der Waals surface area contributed by atoms with Crippen molar-refractivity contribution < 1.29 is 9.59 Å². The summed E-state index contributed by atoms with van der Waals surface area (Å²) in [7, 11) is 0. The number of nitrogens with zero attached hydrogens (tertiary/aromatic N) is 3. The number of urea groups is 1. The second-order valence-electron chi connectivity index (χ2n) is 8.51. The predicted molar refractivity (Wildman–Crippen MR) is 132 cm³/mol. The van der Waals surface area contributed by atoms with Crippen molar-refractivity contribution in [2.75, 3.05) is 23.7 Å². The lowest BCUT2D eigenvalue weighted by molar-refractivity contribution is -0.112. The zero-order valence-corrected chi connectivity index (χ0v) is 19.8. The van der Waals surface area contributed by atoms with Gasteiger partial charge in [-0.2, -0.15) is 5.26 Å². The molecule has 1 fully saturated rings. The van der Waals surface area contributed by atoms with Gasteiger partial charge in [-0.1, -0.05) is 19.8 Å². The molecule has 0 aliphatic carbocycles. The van der Waals surface area contributed by atoms with Crippen molar-refractivity contribution in [3.05, 3.63) is 52.9 Å². The van der Waals surface area contributed by atoms with Crippen LogP contribution in [0.3, 0.4) is 0 Å². The zero-order valence-electron chi connectivity index (χ0n) is 19.8. The van der Waals surface area contributed by atoms with Crippen LogP contribution in [-0.4, -0.2) is 34.5 Å². The Morgan fingerprint density at radius 2 is 1.64 bits per heavy atom. The number of nitrogens with one attached hydrogen (secondary N) is 2. The quantitative estimate of drug-likeness (QED) is 0.454. The van der Waals surface area contributed by atoms with E-state index in [0.717, 1.165) is 55.8 Å². The summed E-state index contributed by atoms with van der Waals surface area (Å²) in [4.78, 5) is 27.0. The first-order chi connectivity index (χ1) is 15.9. The number of amides is 3. The summed E-state index contributed by atoms with van der Waals surface area (Å²) in [6.45, 7) is 8.61. The van der Waals surface area contributed by atoms with Crippen LogP contribution in [0.1, 0.15) is 56.0 Å². The second-order valence-corrected chi connectivity index (χ2v) is 8.51. The number of likely N-dealkylation sites (tertiary alicyclic amines) is 1. The summed E-state index contributed by atoms with van der Waals surface area (Å²) in [6.07, 6.45) is 7.06. The topological polar surface area (TPSA) is 90.2 Å². The predicted octanol–water partition coefficient (Wildman–Crippen LogP) is 5.47. The number of aryl methyl sites for hydroxylation is 1. The highest BCUT2D eigenvalue weighted by atomic mass is 16.2. The van der Waals surface area contributed by atoms with Crippen molar-refractivity contribution >= 4 is 29.4 Å². The van der Waals surface area contributed by atoms with E-state index in [4.69, 9.17) is 0 Å². The molecule has 2 heterocycles. The third-order valence-electron chi connectivity index (χ3n) is 6.01. The van der Waals surface area contributed by atoms with Crippen LogP contribution in [0.4, 0.5) is 16.2 Å². The van der Waals surface area contributed by atoms with Crippen molar-refractivity contribution in [1.29, 1.82) is 5.26 Å². The van der Waals surface area contributed by atoms with Crippen LogP contribution >= 0.6 is 0 Å². The first kappa shape index (κ1) is 24.1. The minimum absolute atomic E-state index is 0.0466. The number of anilines is 2. The summed E-state index contributed by atoms with van der Waals surface area (Å²) < 4.78 is 2.19. The van der Waals surface area contributed by atoms with Gasteiger partial charge in [0.2, 0.25) is 0 Å². The number of hydrogen-bond donors (Lipinski definition) is 2. The fraction of sp³-hybridized carbons (Fsp3) is 0.423. The summed E-state index contributed by atoms with van der Waals surface area (Å²) in [5, 5.41) is 15.2. The molecule has 2 aromatic rings. The Morgan fingerprint density at radius 1 is 1.03 bits per heavy atom. The Hall–Kier alpha value is -3.53. The molecule has 33 heavy (non-hydrogen) atoms. The Morgan fingerprint density at radius 3 is 2.21 bits per heavy atom. The van der Waals surface area contributed by atoms with E-state index >= 15 is 0 Å². The minimum Gasteiger partial charge on any atom is -0.349 e. The Kier molecular flexibility index (Phi) is 8.31. The van der Waals surface area contributed by atoms with Gasteiger partial charge in [0.1, 0.15) is 11.6 Å². The summed E-state index contributed by atoms with van der Waals surface area (Å²) in [5.41, 5.74) is 4.30. The number of rotatable bonds is 6. The number of hydrogen-bond acceptors (Lipinski definition) is 3. The molecular formula is C26H33N5O2. The molecule has 1 aromatic heterocycles.